The van der Waals surface area contributed by atoms with Crippen molar-refractivity contribution in [1.29, 1.82) is 5.26 Å². The minimum atomic E-state index is -1.63. The number of imide groups is 1. The Labute approximate surface area is 200 Å². The Kier molecular flexibility index (Phi) is 7.26. The first-order chi connectivity index (χ1) is 16.8. The number of carbonyl (C=O) groups is 2. The number of halogens is 3. The van der Waals surface area contributed by atoms with E-state index < -0.39 is 41.0 Å². The highest BCUT2D eigenvalue weighted by atomic mass is 19.2. The molecule has 1 saturated carbocycles. The second-order valence-corrected chi connectivity index (χ2v) is 8.78. The van der Waals surface area contributed by atoms with Gasteiger partial charge < -0.3 is 15.4 Å². The maximum absolute atomic E-state index is 13.6. The number of amides is 3. The number of ether oxygens (including phenoxy) is 1. The molecule has 7 nitrogen and oxygen atoms in total. The van der Waals surface area contributed by atoms with Crippen LogP contribution in [0.15, 0.2) is 42.5 Å². The van der Waals surface area contributed by atoms with E-state index in [4.69, 9.17) is 4.74 Å². The third-order valence-electron chi connectivity index (χ3n) is 6.70. The number of rotatable bonds is 6. The molecule has 35 heavy (non-hydrogen) atoms. The average Bonchev–Trinajstić information content (AvgIpc) is 3.27. The zero-order valence-electron chi connectivity index (χ0n) is 18.9. The number of hydrogen-bond acceptors (Lipinski definition) is 5. The molecule has 2 aromatic carbocycles. The molecule has 1 heterocycles. The monoisotopic (exact) mass is 486 g/mol. The third kappa shape index (κ3) is 5.10. The summed E-state index contributed by atoms with van der Waals surface area (Å²) in [7, 11) is 0. The smallest absolute Gasteiger partial charge is 0.418 e. The van der Waals surface area contributed by atoms with E-state index in [0.717, 1.165) is 48.3 Å². The van der Waals surface area contributed by atoms with Gasteiger partial charge in [0, 0.05) is 19.1 Å². The number of cyclic esters (lactones) is 1. The molecule has 0 bridgehead atoms. The third-order valence-corrected chi connectivity index (χ3v) is 6.70. The fourth-order valence-electron chi connectivity index (χ4n) is 4.73. The lowest BCUT2D eigenvalue weighted by atomic mass is 9.69. The summed E-state index contributed by atoms with van der Waals surface area (Å²) in [5, 5.41) is 15.8. The van der Waals surface area contributed by atoms with Crippen molar-refractivity contribution >= 4 is 12.1 Å². The molecule has 2 fully saturated rings. The van der Waals surface area contributed by atoms with Gasteiger partial charge in [-0.25, -0.2) is 27.7 Å². The molecule has 2 aromatic rings. The first-order valence-corrected chi connectivity index (χ1v) is 11.4. The number of nitriles is 1. The Morgan fingerprint density at radius 3 is 2.40 bits per heavy atom. The molecule has 1 aliphatic carbocycles. The molecule has 2 aliphatic rings. The van der Waals surface area contributed by atoms with Gasteiger partial charge in [-0.05, 0) is 48.9 Å². The molecule has 1 atom stereocenters. The van der Waals surface area contributed by atoms with Gasteiger partial charge in [0.05, 0.1) is 11.5 Å². The second-order valence-electron chi connectivity index (χ2n) is 8.78. The quantitative estimate of drug-likeness (QED) is 0.469. The van der Waals surface area contributed by atoms with Crippen molar-refractivity contribution in [3.05, 3.63) is 71.0 Å². The highest BCUT2D eigenvalue weighted by molar-refractivity contribution is 5.92. The summed E-state index contributed by atoms with van der Waals surface area (Å²) < 4.78 is 45.4. The van der Waals surface area contributed by atoms with Gasteiger partial charge in [-0.15, -0.1) is 0 Å². The van der Waals surface area contributed by atoms with Gasteiger partial charge in [0.2, 0.25) is 0 Å². The van der Waals surface area contributed by atoms with Crippen LogP contribution in [0.3, 0.4) is 0 Å². The Morgan fingerprint density at radius 2 is 1.77 bits per heavy atom. The maximum Gasteiger partial charge on any atom is 0.418 e. The summed E-state index contributed by atoms with van der Waals surface area (Å²) in [5.74, 6) is -4.45. The number of nitrogens with one attached hydrogen (secondary N) is 2. The molecule has 2 N–H and O–H groups in total. The molecule has 184 valence electrons. The first kappa shape index (κ1) is 24.5. The average molecular weight is 486 g/mol. The van der Waals surface area contributed by atoms with Gasteiger partial charge >= 0.3 is 12.1 Å². The van der Waals surface area contributed by atoms with E-state index in [9.17, 15) is 28.0 Å². The Balaban J connectivity index is 1.27. The van der Waals surface area contributed by atoms with Crippen LogP contribution < -0.4 is 10.6 Å². The number of benzene rings is 2. The minimum Gasteiger partial charge on any atom is -0.446 e. The fourth-order valence-corrected chi connectivity index (χ4v) is 4.73. The summed E-state index contributed by atoms with van der Waals surface area (Å²) in [4.78, 5) is 25.4. The lowest BCUT2D eigenvalue weighted by Crippen LogP contribution is -2.46. The van der Waals surface area contributed by atoms with Gasteiger partial charge in [0.15, 0.2) is 17.5 Å². The molecule has 4 rings (SSSR count). The van der Waals surface area contributed by atoms with E-state index in [2.05, 4.69) is 16.7 Å². The number of nitrogens with zero attached hydrogens (tertiary/aromatic N) is 2. The van der Waals surface area contributed by atoms with Crippen molar-refractivity contribution in [1.82, 2.24) is 15.5 Å². The van der Waals surface area contributed by atoms with E-state index in [1.165, 1.54) is 0 Å². The largest absolute Gasteiger partial charge is 0.446 e. The normalized spacial score (nSPS) is 24.1. The molecule has 10 heteroatoms. The SMILES string of the molecule is N#CC1(c2ccccc2)CCC(NCCNC(=O)N2C(=O)OC[C@@H]2c2cc(F)c(F)c(F)c2)CC1. The van der Waals surface area contributed by atoms with Crippen LogP contribution in [0.4, 0.5) is 22.8 Å². The number of urea groups is 1. The first-order valence-electron chi connectivity index (χ1n) is 11.4. The molecule has 0 aromatic heterocycles. The van der Waals surface area contributed by atoms with E-state index in [1.54, 1.807) is 0 Å². The molecular weight excluding hydrogens is 461 g/mol. The molecule has 0 spiro atoms. The lowest BCUT2D eigenvalue weighted by molar-refractivity contribution is 0.158. The minimum absolute atomic E-state index is 0.0814. The summed E-state index contributed by atoms with van der Waals surface area (Å²) >= 11 is 0. The van der Waals surface area contributed by atoms with E-state index in [1.807, 2.05) is 30.3 Å². The van der Waals surface area contributed by atoms with Gasteiger partial charge in [-0.3, -0.25) is 0 Å². The maximum atomic E-state index is 13.6. The molecular formula is C25H25F3N4O3. The van der Waals surface area contributed by atoms with Crippen LogP contribution in [0.1, 0.15) is 42.9 Å². The van der Waals surface area contributed by atoms with Crippen molar-refractivity contribution in [3.8, 4) is 6.07 Å². The summed E-state index contributed by atoms with van der Waals surface area (Å²) in [6, 6.07) is 12.1. The fraction of sp³-hybridized carbons (Fsp3) is 0.400. The molecule has 3 amide bonds. The van der Waals surface area contributed by atoms with E-state index in [-0.39, 0.29) is 24.8 Å². The van der Waals surface area contributed by atoms with Crippen LogP contribution in [0.5, 0.6) is 0 Å². The Morgan fingerprint density at radius 1 is 1.11 bits per heavy atom. The molecule has 1 aliphatic heterocycles. The van der Waals surface area contributed by atoms with Gasteiger partial charge in [0.25, 0.3) is 0 Å². The number of hydrogen-bond donors (Lipinski definition) is 2. The zero-order valence-corrected chi connectivity index (χ0v) is 18.9. The van der Waals surface area contributed by atoms with Crippen molar-refractivity contribution < 1.29 is 27.5 Å². The van der Waals surface area contributed by atoms with Crippen LogP contribution in [0.25, 0.3) is 0 Å². The van der Waals surface area contributed by atoms with Crippen molar-refractivity contribution in [2.24, 2.45) is 0 Å². The van der Waals surface area contributed by atoms with Crippen molar-refractivity contribution in [3.63, 3.8) is 0 Å². The topological polar surface area (TPSA) is 94.5 Å². The van der Waals surface area contributed by atoms with E-state index in [0.29, 0.717) is 6.54 Å². The van der Waals surface area contributed by atoms with Gasteiger partial charge in [-0.2, -0.15) is 5.26 Å². The Hall–Kier alpha value is -3.58. The van der Waals surface area contributed by atoms with Gasteiger partial charge in [-0.1, -0.05) is 30.3 Å². The predicted molar refractivity (Wildman–Crippen MR) is 120 cm³/mol. The standard InChI is InChI=1S/C25H25F3N4O3/c26-19-12-16(13-20(27)22(19)28)21-14-35-24(34)32(21)23(33)31-11-10-30-18-6-8-25(15-29,9-7-18)17-4-2-1-3-5-17/h1-5,12-13,18,21,30H,6-11,14H2,(H,31,33)/t18?,21-,25?/m1/s1. The van der Waals surface area contributed by atoms with Crippen LogP contribution in [-0.2, 0) is 10.2 Å². The van der Waals surface area contributed by atoms with Crippen molar-refractivity contribution in [2.45, 2.75) is 43.2 Å². The lowest BCUT2D eigenvalue weighted by Gasteiger charge is -2.35. The van der Waals surface area contributed by atoms with Crippen LogP contribution in [0.2, 0.25) is 0 Å². The number of carbonyl (C=O) groups excluding carboxylic acids is 2. The zero-order chi connectivity index (χ0) is 25.0. The van der Waals surface area contributed by atoms with E-state index >= 15 is 0 Å². The van der Waals surface area contributed by atoms with Crippen LogP contribution >= 0.6 is 0 Å². The highest BCUT2D eigenvalue weighted by Gasteiger charge is 2.40. The molecule has 0 unspecified atom stereocenters. The van der Waals surface area contributed by atoms with Crippen LogP contribution in [0, 0.1) is 28.8 Å². The summed E-state index contributed by atoms with van der Waals surface area (Å²) in [6.45, 7) is 0.327. The highest BCUT2D eigenvalue weighted by Crippen LogP contribution is 2.39. The Bertz CT molecular complexity index is 1110. The van der Waals surface area contributed by atoms with Crippen molar-refractivity contribution in [2.75, 3.05) is 19.7 Å². The predicted octanol–water partition coefficient (Wildman–Crippen LogP) is 4.30. The second kappa shape index (κ2) is 10.4. The molecule has 1 saturated heterocycles. The van der Waals surface area contributed by atoms with Crippen LogP contribution in [-0.4, -0.2) is 42.8 Å². The molecule has 0 radical (unpaired) electrons. The summed E-state index contributed by atoms with van der Waals surface area (Å²) in [5.41, 5.74) is 0.459. The van der Waals surface area contributed by atoms with Gasteiger partial charge in [0.1, 0.15) is 12.6 Å². The summed E-state index contributed by atoms with van der Waals surface area (Å²) in [6.07, 6.45) is 2.11.